The van der Waals surface area contributed by atoms with E-state index in [4.69, 9.17) is 9.47 Å². The highest BCUT2D eigenvalue weighted by molar-refractivity contribution is 5.89. The van der Waals surface area contributed by atoms with E-state index in [1.54, 1.807) is 13.0 Å². The van der Waals surface area contributed by atoms with Crippen LogP contribution in [0.25, 0.3) is 0 Å². The zero-order valence-electron chi connectivity index (χ0n) is 11.9. The molecule has 0 saturated heterocycles. The van der Waals surface area contributed by atoms with Gasteiger partial charge in [0.05, 0.1) is 6.61 Å². The molecule has 102 valence electrons. The summed E-state index contributed by atoms with van der Waals surface area (Å²) in [6.45, 7) is 8.85. The fraction of sp³-hybridized carbons (Fsp3) is 0.667. The van der Waals surface area contributed by atoms with Crippen molar-refractivity contribution < 1.29 is 14.3 Å². The van der Waals surface area contributed by atoms with Gasteiger partial charge in [0.1, 0.15) is 0 Å². The molecule has 0 aliphatic carbocycles. The monoisotopic (exact) mass is 252 g/mol. The Morgan fingerprint density at radius 1 is 1.50 bits per heavy atom. The van der Waals surface area contributed by atoms with E-state index < -0.39 is 6.29 Å². The van der Waals surface area contributed by atoms with E-state index in [-0.39, 0.29) is 5.97 Å². The second kappa shape index (κ2) is 7.37. The van der Waals surface area contributed by atoms with E-state index in [2.05, 4.69) is 26.8 Å². The van der Waals surface area contributed by atoms with Crippen molar-refractivity contribution in [2.24, 2.45) is 5.92 Å². The third-order valence-electron chi connectivity index (χ3n) is 3.04. The molecular weight excluding hydrogens is 228 g/mol. The van der Waals surface area contributed by atoms with Crippen molar-refractivity contribution in [3.05, 3.63) is 23.3 Å². The summed E-state index contributed by atoms with van der Waals surface area (Å²) in [5, 5.41) is 0. The second-order valence-corrected chi connectivity index (χ2v) is 5.25. The highest BCUT2D eigenvalue weighted by atomic mass is 16.7. The predicted molar refractivity (Wildman–Crippen MR) is 72.0 cm³/mol. The summed E-state index contributed by atoms with van der Waals surface area (Å²) in [6, 6.07) is 0. The first-order valence-electron chi connectivity index (χ1n) is 6.63. The molecule has 1 heterocycles. The van der Waals surface area contributed by atoms with Crippen molar-refractivity contribution in [3.8, 4) is 0 Å². The van der Waals surface area contributed by atoms with E-state index in [0.717, 1.165) is 12.8 Å². The lowest BCUT2D eigenvalue weighted by atomic mass is 10.0. The number of hydrogen-bond donors (Lipinski definition) is 0. The Hall–Kier alpha value is -1.09. The molecule has 3 nitrogen and oxygen atoms in total. The fourth-order valence-corrected chi connectivity index (χ4v) is 1.77. The van der Waals surface area contributed by atoms with Crippen LogP contribution < -0.4 is 0 Å². The summed E-state index contributed by atoms with van der Waals surface area (Å²) in [6.07, 6.45) is 6.83. The summed E-state index contributed by atoms with van der Waals surface area (Å²) in [5.41, 5.74) is 2.01. The van der Waals surface area contributed by atoms with Crippen molar-refractivity contribution in [2.45, 2.75) is 53.2 Å². The molecule has 2 atom stereocenters. The van der Waals surface area contributed by atoms with Crippen molar-refractivity contribution in [3.63, 3.8) is 0 Å². The van der Waals surface area contributed by atoms with Gasteiger partial charge in [-0.2, -0.15) is 0 Å². The van der Waals surface area contributed by atoms with Gasteiger partial charge in [0, 0.05) is 5.57 Å². The molecule has 0 aromatic carbocycles. The van der Waals surface area contributed by atoms with Crippen LogP contribution >= 0.6 is 0 Å². The molecular formula is C15H24O3. The van der Waals surface area contributed by atoms with Crippen LogP contribution in [0.5, 0.6) is 0 Å². The maximum atomic E-state index is 11.1. The van der Waals surface area contributed by atoms with Crippen LogP contribution in [0.4, 0.5) is 0 Å². The van der Waals surface area contributed by atoms with Crippen molar-refractivity contribution in [2.75, 3.05) is 6.61 Å². The Morgan fingerprint density at radius 3 is 2.78 bits per heavy atom. The van der Waals surface area contributed by atoms with Crippen molar-refractivity contribution in [1.82, 2.24) is 0 Å². The van der Waals surface area contributed by atoms with Crippen LogP contribution in [0.15, 0.2) is 23.3 Å². The first-order valence-corrected chi connectivity index (χ1v) is 6.63. The molecule has 3 heteroatoms. The smallest absolute Gasteiger partial charge is 0.336 e. The van der Waals surface area contributed by atoms with Crippen LogP contribution in [0.1, 0.15) is 47.0 Å². The molecule has 0 aromatic heterocycles. The standard InChI is InChI=1S/C15H24O3/c1-11(2)6-5-7-12(3)8-9-17-14-10-13(4)15(16)18-14/h6,10,12,14H,5,7-9H2,1-4H3. The Morgan fingerprint density at radius 2 is 2.22 bits per heavy atom. The number of hydrogen-bond acceptors (Lipinski definition) is 3. The van der Waals surface area contributed by atoms with Gasteiger partial charge in [-0.05, 0) is 52.0 Å². The number of rotatable bonds is 7. The second-order valence-electron chi connectivity index (χ2n) is 5.25. The van der Waals surface area contributed by atoms with Gasteiger partial charge in [-0.1, -0.05) is 18.6 Å². The highest BCUT2D eigenvalue weighted by Gasteiger charge is 2.22. The Kier molecular flexibility index (Phi) is 6.13. The van der Waals surface area contributed by atoms with Gasteiger partial charge in [-0.15, -0.1) is 0 Å². The topological polar surface area (TPSA) is 35.5 Å². The normalized spacial score (nSPS) is 20.3. The SMILES string of the molecule is CC(C)=CCCC(C)CCOC1C=C(C)C(=O)O1. The summed E-state index contributed by atoms with van der Waals surface area (Å²) in [4.78, 5) is 11.1. The number of carbonyl (C=O) groups excluding carboxylic acids is 1. The maximum Gasteiger partial charge on any atom is 0.336 e. The molecule has 0 radical (unpaired) electrons. The van der Waals surface area contributed by atoms with Crippen LogP contribution in [0, 0.1) is 5.92 Å². The van der Waals surface area contributed by atoms with Gasteiger partial charge in [0.2, 0.25) is 6.29 Å². The predicted octanol–water partition coefficient (Wildman–Crippen LogP) is 3.60. The van der Waals surface area contributed by atoms with E-state index in [1.807, 2.05) is 0 Å². The van der Waals surface area contributed by atoms with Crippen LogP contribution in [0.3, 0.4) is 0 Å². The molecule has 0 saturated carbocycles. The van der Waals surface area contributed by atoms with Crippen LogP contribution in [-0.4, -0.2) is 18.9 Å². The van der Waals surface area contributed by atoms with Gasteiger partial charge in [0.25, 0.3) is 0 Å². The van der Waals surface area contributed by atoms with Gasteiger partial charge in [0.15, 0.2) is 0 Å². The van der Waals surface area contributed by atoms with Crippen LogP contribution in [0.2, 0.25) is 0 Å². The minimum Gasteiger partial charge on any atom is -0.429 e. The Bertz CT molecular complexity index is 338. The molecule has 0 bridgehead atoms. The Labute approximate surface area is 110 Å². The number of esters is 1. The number of ether oxygens (including phenoxy) is 2. The molecule has 0 N–H and O–H groups in total. The van der Waals surface area contributed by atoms with E-state index in [0.29, 0.717) is 18.1 Å². The largest absolute Gasteiger partial charge is 0.429 e. The molecule has 0 fully saturated rings. The average Bonchev–Trinajstić information content (AvgIpc) is 2.57. The van der Waals surface area contributed by atoms with Gasteiger partial charge >= 0.3 is 5.97 Å². The highest BCUT2D eigenvalue weighted by Crippen LogP contribution is 2.16. The summed E-state index contributed by atoms with van der Waals surface area (Å²) < 4.78 is 10.5. The minimum absolute atomic E-state index is 0.267. The lowest BCUT2D eigenvalue weighted by molar-refractivity contribution is -0.159. The average molecular weight is 252 g/mol. The van der Waals surface area contributed by atoms with Gasteiger partial charge in [-0.3, -0.25) is 0 Å². The van der Waals surface area contributed by atoms with E-state index >= 15 is 0 Å². The fourth-order valence-electron chi connectivity index (χ4n) is 1.77. The van der Waals surface area contributed by atoms with Crippen molar-refractivity contribution >= 4 is 5.97 Å². The zero-order chi connectivity index (χ0) is 13.5. The molecule has 0 aromatic rings. The lowest BCUT2D eigenvalue weighted by Gasteiger charge is -2.13. The number of cyclic esters (lactones) is 1. The van der Waals surface area contributed by atoms with Crippen LogP contribution in [-0.2, 0) is 14.3 Å². The lowest BCUT2D eigenvalue weighted by Crippen LogP contribution is -2.14. The first-order chi connectivity index (χ1) is 8.49. The summed E-state index contributed by atoms with van der Waals surface area (Å²) in [5.74, 6) is 0.361. The van der Waals surface area contributed by atoms with Gasteiger partial charge < -0.3 is 9.47 Å². The molecule has 0 spiro atoms. The number of carbonyl (C=O) groups is 1. The molecule has 1 aliphatic heterocycles. The Balaban J connectivity index is 2.11. The molecule has 1 rings (SSSR count). The molecule has 2 unspecified atom stereocenters. The summed E-state index contributed by atoms with van der Waals surface area (Å²) >= 11 is 0. The zero-order valence-corrected chi connectivity index (χ0v) is 11.9. The van der Waals surface area contributed by atoms with Gasteiger partial charge in [-0.25, -0.2) is 4.79 Å². The van der Waals surface area contributed by atoms with E-state index in [9.17, 15) is 4.79 Å². The molecule has 0 amide bonds. The molecule has 18 heavy (non-hydrogen) atoms. The van der Waals surface area contributed by atoms with Crippen molar-refractivity contribution in [1.29, 1.82) is 0 Å². The quantitative estimate of drug-likeness (QED) is 0.513. The summed E-state index contributed by atoms with van der Waals surface area (Å²) in [7, 11) is 0. The number of allylic oxidation sites excluding steroid dienone is 2. The van der Waals surface area contributed by atoms with E-state index in [1.165, 1.54) is 12.0 Å². The third kappa shape index (κ3) is 5.50. The minimum atomic E-state index is -0.470. The third-order valence-corrected chi connectivity index (χ3v) is 3.04. The first kappa shape index (κ1) is 15.0. The molecule has 1 aliphatic rings. The maximum absolute atomic E-state index is 11.1.